The van der Waals surface area contributed by atoms with Gasteiger partial charge in [-0.25, -0.2) is 18.0 Å². The fourth-order valence-corrected chi connectivity index (χ4v) is 2.84. The summed E-state index contributed by atoms with van der Waals surface area (Å²) in [6.45, 7) is -0.186. The Morgan fingerprint density at radius 2 is 1.85 bits per heavy atom. The van der Waals surface area contributed by atoms with Gasteiger partial charge >= 0.3 is 5.97 Å². The topological polar surface area (TPSA) is 69.7 Å². The van der Waals surface area contributed by atoms with E-state index in [0.29, 0.717) is 12.1 Å². The summed E-state index contributed by atoms with van der Waals surface area (Å²) in [4.78, 5) is 11.6. The Labute approximate surface area is 112 Å². The number of benzene rings is 1. The molecule has 1 aromatic carbocycles. The van der Waals surface area contributed by atoms with Gasteiger partial charge in [-0.3, -0.25) is 4.18 Å². The Hall–Kier alpha value is -1.61. The van der Waals surface area contributed by atoms with Gasteiger partial charge in [-0.05, 0) is 0 Å². The fraction of sp³-hybridized carbons (Fsp3) is 0.364. The molecule has 1 aromatic rings. The zero-order chi connectivity index (χ0) is 14.9. The molecule has 2 rings (SSSR count). The standard InChI is InChI=1S/C11H9F3O5S/c12-6-3-8(13)10(9(14)4-6)11(15)19-7-1-2-18-20(16,17)5-7/h3-4,7H,1-2,5H2. The Bertz CT molecular complexity index is 620. The first kappa shape index (κ1) is 14.8. The number of carbonyl (C=O) groups is 1. The van der Waals surface area contributed by atoms with Gasteiger partial charge in [0.25, 0.3) is 10.1 Å². The van der Waals surface area contributed by atoms with E-state index >= 15 is 0 Å². The summed E-state index contributed by atoms with van der Waals surface area (Å²) < 4.78 is 70.8. The molecular formula is C11H9F3O5S. The first-order valence-electron chi connectivity index (χ1n) is 5.51. The van der Waals surface area contributed by atoms with Crippen molar-refractivity contribution < 1.29 is 35.3 Å². The molecule has 1 saturated heterocycles. The molecule has 1 heterocycles. The van der Waals surface area contributed by atoms with Gasteiger partial charge in [0.15, 0.2) is 0 Å². The minimum atomic E-state index is -3.81. The number of carbonyl (C=O) groups excluding carboxylic acids is 1. The van der Waals surface area contributed by atoms with E-state index in [2.05, 4.69) is 4.18 Å². The molecule has 1 atom stereocenters. The quantitative estimate of drug-likeness (QED) is 0.610. The first-order valence-corrected chi connectivity index (χ1v) is 7.09. The number of hydrogen-bond donors (Lipinski definition) is 0. The first-order chi connectivity index (χ1) is 9.28. The van der Waals surface area contributed by atoms with Crippen LogP contribution in [-0.4, -0.2) is 32.9 Å². The molecule has 0 radical (unpaired) electrons. The van der Waals surface area contributed by atoms with Crippen LogP contribution < -0.4 is 0 Å². The van der Waals surface area contributed by atoms with E-state index in [0.717, 1.165) is 0 Å². The van der Waals surface area contributed by atoms with Gasteiger partial charge in [0.1, 0.15) is 34.9 Å². The summed E-state index contributed by atoms with van der Waals surface area (Å²) in [6, 6.07) is 0.667. The highest BCUT2D eigenvalue weighted by Gasteiger charge is 2.30. The van der Waals surface area contributed by atoms with E-state index in [1.165, 1.54) is 0 Å². The Kier molecular flexibility index (Phi) is 4.00. The van der Waals surface area contributed by atoms with Crippen LogP contribution in [0.2, 0.25) is 0 Å². The summed E-state index contributed by atoms with van der Waals surface area (Å²) in [5.74, 6) is -5.99. The number of ether oxygens (including phenoxy) is 1. The fourth-order valence-electron chi connectivity index (χ4n) is 1.71. The third-order valence-corrected chi connectivity index (χ3v) is 3.88. The maximum absolute atomic E-state index is 13.3. The number of esters is 1. The van der Waals surface area contributed by atoms with E-state index in [-0.39, 0.29) is 13.0 Å². The van der Waals surface area contributed by atoms with Crippen molar-refractivity contribution in [2.45, 2.75) is 12.5 Å². The van der Waals surface area contributed by atoms with Crippen molar-refractivity contribution in [2.75, 3.05) is 12.4 Å². The number of halogens is 3. The van der Waals surface area contributed by atoms with Gasteiger partial charge < -0.3 is 4.74 Å². The van der Waals surface area contributed by atoms with Crippen molar-refractivity contribution in [3.05, 3.63) is 35.1 Å². The second kappa shape index (κ2) is 5.41. The normalized spacial score (nSPS) is 21.4. The van der Waals surface area contributed by atoms with Crippen molar-refractivity contribution in [3.8, 4) is 0 Å². The van der Waals surface area contributed by atoms with Crippen LogP contribution in [0.25, 0.3) is 0 Å². The lowest BCUT2D eigenvalue weighted by molar-refractivity contribution is 0.0259. The van der Waals surface area contributed by atoms with Crippen LogP contribution in [0.4, 0.5) is 13.2 Å². The predicted octanol–water partition coefficient (Wildman–Crippen LogP) is 1.38. The zero-order valence-corrected chi connectivity index (χ0v) is 10.8. The van der Waals surface area contributed by atoms with Crippen LogP contribution in [0, 0.1) is 17.5 Å². The van der Waals surface area contributed by atoms with Crippen molar-refractivity contribution in [1.29, 1.82) is 0 Å². The van der Waals surface area contributed by atoms with Crippen molar-refractivity contribution in [1.82, 2.24) is 0 Å². The molecule has 110 valence electrons. The highest BCUT2D eigenvalue weighted by atomic mass is 32.2. The van der Waals surface area contributed by atoms with E-state index < -0.39 is 51.0 Å². The minimum absolute atomic E-state index is 0.0788. The molecule has 0 aromatic heterocycles. The molecule has 5 nitrogen and oxygen atoms in total. The highest BCUT2D eigenvalue weighted by Crippen LogP contribution is 2.19. The van der Waals surface area contributed by atoms with E-state index in [1.54, 1.807) is 0 Å². The molecule has 1 unspecified atom stereocenters. The highest BCUT2D eigenvalue weighted by molar-refractivity contribution is 7.86. The van der Waals surface area contributed by atoms with Crippen LogP contribution in [0.3, 0.4) is 0 Å². The van der Waals surface area contributed by atoms with Crippen LogP contribution in [0.5, 0.6) is 0 Å². The van der Waals surface area contributed by atoms with Gasteiger partial charge in [-0.15, -0.1) is 0 Å². The van der Waals surface area contributed by atoms with Gasteiger partial charge in [0.2, 0.25) is 0 Å². The average molecular weight is 310 g/mol. The van der Waals surface area contributed by atoms with E-state index in [4.69, 9.17) is 4.74 Å². The lowest BCUT2D eigenvalue weighted by Crippen LogP contribution is -2.34. The molecule has 0 aliphatic carbocycles. The Morgan fingerprint density at radius 1 is 1.25 bits per heavy atom. The molecule has 1 aliphatic rings. The third-order valence-electron chi connectivity index (χ3n) is 2.58. The molecule has 9 heteroatoms. The molecule has 0 N–H and O–H groups in total. The third kappa shape index (κ3) is 3.28. The second-order valence-corrected chi connectivity index (χ2v) is 5.79. The van der Waals surface area contributed by atoms with Gasteiger partial charge in [0, 0.05) is 18.6 Å². The second-order valence-electron chi connectivity index (χ2n) is 4.11. The zero-order valence-electron chi connectivity index (χ0n) is 9.94. The molecule has 20 heavy (non-hydrogen) atoms. The number of hydrogen-bond acceptors (Lipinski definition) is 5. The molecule has 1 aliphatic heterocycles. The Morgan fingerprint density at radius 3 is 2.40 bits per heavy atom. The summed E-state index contributed by atoms with van der Waals surface area (Å²) in [7, 11) is -3.81. The summed E-state index contributed by atoms with van der Waals surface area (Å²) in [5.41, 5.74) is -1.06. The van der Waals surface area contributed by atoms with Crippen LogP contribution >= 0.6 is 0 Å². The summed E-state index contributed by atoms with van der Waals surface area (Å²) in [5, 5.41) is 0. The smallest absolute Gasteiger partial charge is 0.344 e. The van der Waals surface area contributed by atoms with Crippen molar-refractivity contribution in [2.24, 2.45) is 0 Å². The maximum atomic E-state index is 13.3. The lowest BCUT2D eigenvalue weighted by atomic mass is 10.2. The van der Waals surface area contributed by atoms with E-state index in [9.17, 15) is 26.4 Å². The van der Waals surface area contributed by atoms with Crippen molar-refractivity contribution in [3.63, 3.8) is 0 Å². The Balaban J connectivity index is 2.17. The van der Waals surface area contributed by atoms with Gasteiger partial charge in [-0.2, -0.15) is 8.42 Å². The lowest BCUT2D eigenvalue weighted by Gasteiger charge is -2.22. The molecule has 0 amide bonds. The summed E-state index contributed by atoms with van der Waals surface area (Å²) >= 11 is 0. The minimum Gasteiger partial charge on any atom is -0.457 e. The summed E-state index contributed by atoms with van der Waals surface area (Å²) in [6.07, 6.45) is -0.986. The van der Waals surface area contributed by atoms with Gasteiger partial charge in [-0.1, -0.05) is 0 Å². The monoisotopic (exact) mass is 310 g/mol. The number of rotatable bonds is 2. The molecule has 1 fully saturated rings. The molecule has 0 saturated carbocycles. The molecule has 0 spiro atoms. The molecule has 0 bridgehead atoms. The maximum Gasteiger partial charge on any atom is 0.344 e. The molecular weight excluding hydrogens is 301 g/mol. The average Bonchev–Trinajstić information content (AvgIpc) is 2.25. The van der Waals surface area contributed by atoms with Crippen LogP contribution in [0.15, 0.2) is 12.1 Å². The van der Waals surface area contributed by atoms with Gasteiger partial charge in [0.05, 0.1) is 6.61 Å². The SMILES string of the molecule is O=C(OC1CCOS(=O)(=O)C1)c1c(F)cc(F)cc1F. The van der Waals surface area contributed by atoms with Crippen LogP contribution in [-0.2, 0) is 19.0 Å². The van der Waals surface area contributed by atoms with E-state index in [1.807, 2.05) is 0 Å². The predicted molar refractivity (Wildman–Crippen MR) is 59.9 cm³/mol. The van der Waals surface area contributed by atoms with Crippen LogP contribution in [0.1, 0.15) is 16.8 Å². The largest absolute Gasteiger partial charge is 0.457 e. The van der Waals surface area contributed by atoms with Crippen molar-refractivity contribution >= 4 is 16.1 Å².